The lowest BCUT2D eigenvalue weighted by molar-refractivity contribution is -0.125. The molecular formula is C19H27N3O2. The number of hydrogen-bond acceptors (Lipinski definition) is 3. The van der Waals surface area contributed by atoms with Gasteiger partial charge in [-0.2, -0.15) is 0 Å². The normalized spacial score (nSPS) is 22.3. The second kappa shape index (κ2) is 6.55. The molecule has 1 atom stereocenters. The number of urea groups is 1. The molecule has 24 heavy (non-hydrogen) atoms. The Morgan fingerprint density at radius 3 is 2.42 bits per heavy atom. The number of rotatable bonds is 4. The third kappa shape index (κ3) is 3.46. The van der Waals surface area contributed by atoms with Crippen LogP contribution in [-0.4, -0.2) is 47.9 Å². The van der Waals surface area contributed by atoms with Crippen LogP contribution in [0.5, 0.6) is 0 Å². The van der Waals surface area contributed by atoms with Crippen LogP contribution in [0.3, 0.4) is 0 Å². The molecule has 0 aromatic heterocycles. The van der Waals surface area contributed by atoms with E-state index in [-0.39, 0.29) is 23.9 Å². The van der Waals surface area contributed by atoms with E-state index in [0.717, 1.165) is 25.9 Å². The number of nitrogens with one attached hydrogen (secondary N) is 1. The van der Waals surface area contributed by atoms with Crippen LogP contribution in [0, 0.1) is 0 Å². The third-order valence-corrected chi connectivity index (χ3v) is 5.07. The Morgan fingerprint density at radius 1 is 1.12 bits per heavy atom. The van der Waals surface area contributed by atoms with Crippen LogP contribution in [0.1, 0.15) is 50.8 Å². The maximum Gasteiger partial charge on any atom is 0.324 e. The molecule has 0 unspecified atom stereocenters. The Hall–Kier alpha value is -1.88. The van der Waals surface area contributed by atoms with Gasteiger partial charge in [0.1, 0.15) is 0 Å². The molecule has 0 aliphatic carbocycles. The molecule has 2 heterocycles. The van der Waals surface area contributed by atoms with Gasteiger partial charge < -0.3 is 5.32 Å². The molecule has 3 rings (SSSR count). The van der Waals surface area contributed by atoms with Crippen molar-refractivity contribution in [3.63, 3.8) is 0 Å². The van der Waals surface area contributed by atoms with Crippen LogP contribution in [-0.2, 0) is 10.2 Å². The molecule has 0 saturated carbocycles. The Labute approximate surface area is 144 Å². The molecule has 0 bridgehead atoms. The minimum absolute atomic E-state index is 0.120. The van der Waals surface area contributed by atoms with E-state index < -0.39 is 0 Å². The lowest BCUT2D eigenvalue weighted by Gasteiger charge is -2.27. The molecule has 0 spiro atoms. The number of carbonyl (C=O) groups excluding carboxylic acids is 2. The van der Waals surface area contributed by atoms with Crippen molar-refractivity contribution in [3.8, 4) is 0 Å². The van der Waals surface area contributed by atoms with Gasteiger partial charge in [0.2, 0.25) is 5.91 Å². The fraction of sp³-hybridized carbons (Fsp3) is 0.579. The predicted molar refractivity (Wildman–Crippen MR) is 93.8 cm³/mol. The molecule has 5 nitrogen and oxygen atoms in total. The quantitative estimate of drug-likeness (QED) is 0.864. The molecular weight excluding hydrogens is 302 g/mol. The van der Waals surface area contributed by atoms with Crippen molar-refractivity contribution in [2.45, 2.75) is 45.1 Å². The molecule has 0 radical (unpaired) electrons. The molecule has 130 valence electrons. The highest BCUT2D eigenvalue weighted by molar-refractivity contribution is 6.01. The van der Waals surface area contributed by atoms with Crippen molar-refractivity contribution in [1.29, 1.82) is 0 Å². The van der Waals surface area contributed by atoms with E-state index in [9.17, 15) is 9.59 Å². The monoisotopic (exact) mass is 329 g/mol. The largest absolute Gasteiger partial charge is 0.329 e. The van der Waals surface area contributed by atoms with Gasteiger partial charge >= 0.3 is 6.03 Å². The zero-order valence-electron chi connectivity index (χ0n) is 14.8. The predicted octanol–water partition coefficient (Wildman–Crippen LogP) is 2.67. The van der Waals surface area contributed by atoms with Crippen LogP contribution in [0.25, 0.3) is 0 Å². The molecule has 1 aromatic rings. The highest BCUT2D eigenvalue weighted by atomic mass is 16.2. The SMILES string of the molecule is CC(C)(C)c1ccc([C@H]2CCCN2CCN2C(=O)CNC2=O)cc1. The Kier molecular flexibility index (Phi) is 4.63. The van der Waals surface area contributed by atoms with Crippen molar-refractivity contribution in [2.75, 3.05) is 26.2 Å². The fourth-order valence-corrected chi connectivity index (χ4v) is 3.59. The van der Waals surface area contributed by atoms with Crippen molar-refractivity contribution in [2.24, 2.45) is 0 Å². The Balaban J connectivity index is 1.65. The standard InChI is InChI=1S/C19H27N3O2/c1-19(2,3)15-8-6-14(7-9-15)16-5-4-10-21(16)11-12-22-17(23)13-20-18(22)24/h6-9,16H,4-5,10-13H2,1-3H3,(H,20,24)/t16-/m1/s1. The summed E-state index contributed by atoms with van der Waals surface area (Å²) in [7, 11) is 0. The van der Waals surface area contributed by atoms with E-state index in [1.807, 2.05) is 0 Å². The van der Waals surface area contributed by atoms with Crippen molar-refractivity contribution >= 4 is 11.9 Å². The minimum atomic E-state index is -0.259. The fourth-order valence-electron chi connectivity index (χ4n) is 3.59. The summed E-state index contributed by atoms with van der Waals surface area (Å²) >= 11 is 0. The number of nitrogens with zero attached hydrogens (tertiary/aromatic N) is 2. The van der Waals surface area contributed by atoms with E-state index in [4.69, 9.17) is 0 Å². The molecule has 2 saturated heterocycles. The van der Waals surface area contributed by atoms with Crippen LogP contribution in [0.15, 0.2) is 24.3 Å². The minimum Gasteiger partial charge on any atom is -0.329 e. The topological polar surface area (TPSA) is 52.6 Å². The lowest BCUT2D eigenvalue weighted by atomic mass is 9.86. The first-order valence-electron chi connectivity index (χ1n) is 8.79. The average Bonchev–Trinajstić information content (AvgIpc) is 3.12. The third-order valence-electron chi connectivity index (χ3n) is 5.07. The van der Waals surface area contributed by atoms with Gasteiger partial charge in [0.25, 0.3) is 0 Å². The van der Waals surface area contributed by atoms with Gasteiger partial charge in [-0.05, 0) is 35.9 Å². The maximum absolute atomic E-state index is 11.7. The molecule has 2 fully saturated rings. The summed E-state index contributed by atoms with van der Waals surface area (Å²) in [5.74, 6) is -0.120. The summed E-state index contributed by atoms with van der Waals surface area (Å²) in [6.07, 6.45) is 2.29. The van der Waals surface area contributed by atoms with Gasteiger partial charge in [0.15, 0.2) is 0 Å². The highest BCUT2D eigenvalue weighted by Gasteiger charge is 2.31. The molecule has 2 aliphatic heterocycles. The summed E-state index contributed by atoms with van der Waals surface area (Å²) < 4.78 is 0. The number of benzene rings is 1. The lowest BCUT2D eigenvalue weighted by Crippen LogP contribution is -2.38. The van der Waals surface area contributed by atoms with E-state index in [0.29, 0.717) is 12.6 Å². The molecule has 3 amide bonds. The van der Waals surface area contributed by atoms with E-state index in [1.165, 1.54) is 16.0 Å². The van der Waals surface area contributed by atoms with Crippen LogP contribution in [0.4, 0.5) is 4.79 Å². The average molecular weight is 329 g/mol. The van der Waals surface area contributed by atoms with E-state index in [1.54, 1.807) is 0 Å². The molecule has 2 aliphatic rings. The van der Waals surface area contributed by atoms with Gasteiger partial charge in [0, 0.05) is 19.1 Å². The molecule has 1 aromatic carbocycles. The van der Waals surface area contributed by atoms with Gasteiger partial charge in [-0.1, -0.05) is 45.0 Å². The Bertz CT molecular complexity index is 602. The first-order valence-corrected chi connectivity index (χ1v) is 8.79. The van der Waals surface area contributed by atoms with Crippen molar-refractivity contribution in [1.82, 2.24) is 15.1 Å². The summed E-state index contributed by atoms with van der Waals surface area (Å²) in [4.78, 5) is 27.1. The number of likely N-dealkylation sites (tertiary alicyclic amines) is 1. The smallest absolute Gasteiger partial charge is 0.324 e. The number of hydrogen-bond donors (Lipinski definition) is 1. The first kappa shape index (κ1) is 17.0. The van der Waals surface area contributed by atoms with Gasteiger partial charge in [-0.15, -0.1) is 0 Å². The van der Waals surface area contributed by atoms with E-state index >= 15 is 0 Å². The highest BCUT2D eigenvalue weighted by Crippen LogP contribution is 2.33. The van der Waals surface area contributed by atoms with Gasteiger partial charge in [0.05, 0.1) is 6.54 Å². The number of carbonyl (C=O) groups is 2. The zero-order chi connectivity index (χ0) is 17.3. The van der Waals surface area contributed by atoms with Gasteiger partial charge in [-0.3, -0.25) is 14.6 Å². The first-order chi connectivity index (χ1) is 11.4. The maximum atomic E-state index is 11.7. The number of imide groups is 1. The summed E-state index contributed by atoms with van der Waals surface area (Å²) in [5.41, 5.74) is 2.84. The summed E-state index contributed by atoms with van der Waals surface area (Å²) in [5, 5.41) is 2.58. The van der Waals surface area contributed by atoms with Crippen LogP contribution >= 0.6 is 0 Å². The van der Waals surface area contributed by atoms with Crippen molar-refractivity contribution in [3.05, 3.63) is 35.4 Å². The van der Waals surface area contributed by atoms with Crippen LogP contribution in [0.2, 0.25) is 0 Å². The second-order valence-electron chi connectivity index (χ2n) is 7.77. The van der Waals surface area contributed by atoms with Gasteiger partial charge in [-0.25, -0.2) is 4.79 Å². The Morgan fingerprint density at radius 2 is 1.83 bits per heavy atom. The summed E-state index contributed by atoms with van der Waals surface area (Å²) in [6, 6.07) is 9.05. The van der Waals surface area contributed by atoms with Crippen molar-refractivity contribution < 1.29 is 9.59 Å². The summed E-state index contributed by atoms with van der Waals surface area (Å²) in [6.45, 7) is 9.05. The second-order valence-corrected chi connectivity index (χ2v) is 7.77. The van der Waals surface area contributed by atoms with Crippen LogP contribution < -0.4 is 5.32 Å². The van der Waals surface area contributed by atoms with E-state index in [2.05, 4.69) is 55.3 Å². The molecule has 5 heteroatoms. The molecule has 1 N–H and O–H groups in total. The number of amides is 3. The zero-order valence-corrected chi connectivity index (χ0v) is 14.8.